The second-order valence-corrected chi connectivity index (χ2v) is 3.52. The highest BCUT2D eigenvalue weighted by Gasteiger charge is 2.18. The second-order valence-electron chi connectivity index (χ2n) is 3.52. The van der Waals surface area contributed by atoms with Crippen LogP contribution in [0.25, 0.3) is 0 Å². The van der Waals surface area contributed by atoms with E-state index in [0.717, 1.165) is 6.42 Å². The standard InChI is InChI=1S/C8H20N2O/c1-4-7(5-11)10-8(2,3)6-9/h7,10-11H,4-6,9H2,1-3H3. The summed E-state index contributed by atoms with van der Waals surface area (Å²) in [5, 5.41) is 12.1. The molecule has 0 spiro atoms. The van der Waals surface area contributed by atoms with Crippen molar-refractivity contribution in [1.29, 1.82) is 0 Å². The molecule has 68 valence electrons. The molecular formula is C8H20N2O. The largest absolute Gasteiger partial charge is 0.395 e. The van der Waals surface area contributed by atoms with Gasteiger partial charge in [0.05, 0.1) is 6.61 Å². The van der Waals surface area contributed by atoms with Crippen LogP contribution in [0.2, 0.25) is 0 Å². The lowest BCUT2D eigenvalue weighted by molar-refractivity contribution is 0.208. The molecule has 0 rings (SSSR count). The van der Waals surface area contributed by atoms with Gasteiger partial charge in [0.2, 0.25) is 0 Å². The lowest BCUT2D eigenvalue weighted by Gasteiger charge is -2.29. The van der Waals surface area contributed by atoms with Crippen molar-refractivity contribution in [3.05, 3.63) is 0 Å². The molecule has 0 saturated carbocycles. The minimum atomic E-state index is -0.0661. The van der Waals surface area contributed by atoms with E-state index in [1.165, 1.54) is 0 Å². The highest BCUT2D eigenvalue weighted by atomic mass is 16.3. The average Bonchev–Trinajstić information content (AvgIpc) is 2.00. The van der Waals surface area contributed by atoms with E-state index in [1.807, 2.05) is 20.8 Å². The first kappa shape index (κ1) is 10.9. The third kappa shape index (κ3) is 4.35. The summed E-state index contributed by atoms with van der Waals surface area (Å²) in [5.74, 6) is 0. The molecule has 4 N–H and O–H groups in total. The van der Waals surface area contributed by atoms with Gasteiger partial charge in [-0.15, -0.1) is 0 Å². The molecule has 0 amide bonds. The molecule has 11 heavy (non-hydrogen) atoms. The first-order valence-corrected chi connectivity index (χ1v) is 4.14. The zero-order valence-electron chi connectivity index (χ0n) is 7.72. The smallest absolute Gasteiger partial charge is 0.0584 e. The van der Waals surface area contributed by atoms with Crippen molar-refractivity contribution < 1.29 is 5.11 Å². The maximum atomic E-state index is 8.88. The Bertz CT molecular complexity index is 100. The molecule has 3 heteroatoms. The average molecular weight is 160 g/mol. The molecule has 0 aromatic rings. The Morgan fingerprint density at radius 1 is 1.55 bits per heavy atom. The number of hydrogen-bond donors (Lipinski definition) is 3. The Labute approximate surface area is 69.0 Å². The number of rotatable bonds is 5. The van der Waals surface area contributed by atoms with Gasteiger partial charge in [-0.2, -0.15) is 0 Å². The summed E-state index contributed by atoms with van der Waals surface area (Å²) >= 11 is 0. The van der Waals surface area contributed by atoms with Crippen LogP contribution in [0.4, 0.5) is 0 Å². The Morgan fingerprint density at radius 2 is 2.09 bits per heavy atom. The maximum Gasteiger partial charge on any atom is 0.0584 e. The van der Waals surface area contributed by atoms with Gasteiger partial charge < -0.3 is 16.2 Å². The monoisotopic (exact) mass is 160 g/mol. The fraction of sp³-hybridized carbons (Fsp3) is 1.00. The van der Waals surface area contributed by atoms with Crippen LogP contribution in [0.1, 0.15) is 27.2 Å². The zero-order valence-corrected chi connectivity index (χ0v) is 7.72. The Morgan fingerprint density at radius 3 is 2.36 bits per heavy atom. The van der Waals surface area contributed by atoms with Crippen molar-refractivity contribution in [2.75, 3.05) is 13.2 Å². The fourth-order valence-electron chi connectivity index (χ4n) is 0.888. The highest BCUT2D eigenvalue weighted by Crippen LogP contribution is 2.02. The highest BCUT2D eigenvalue weighted by molar-refractivity contribution is 4.82. The zero-order chi connectivity index (χ0) is 8.91. The Hall–Kier alpha value is -0.120. The molecule has 1 atom stereocenters. The molecule has 1 unspecified atom stereocenters. The number of aliphatic hydroxyl groups is 1. The van der Waals surface area contributed by atoms with Crippen LogP contribution in [0.3, 0.4) is 0 Å². The predicted molar refractivity (Wildman–Crippen MR) is 47.4 cm³/mol. The first-order valence-electron chi connectivity index (χ1n) is 4.14. The van der Waals surface area contributed by atoms with Crippen LogP contribution in [0.15, 0.2) is 0 Å². The number of nitrogens with one attached hydrogen (secondary N) is 1. The van der Waals surface area contributed by atoms with E-state index >= 15 is 0 Å². The molecule has 0 aliphatic rings. The van der Waals surface area contributed by atoms with E-state index < -0.39 is 0 Å². The van der Waals surface area contributed by atoms with Crippen molar-refractivity contribution in [1.82, 2.24) is 5.32 Å². The fourth-order valence-corrected chi connectivity index (χ4v) is 0.888. The van der Waals surface area contributed by atoms with E-state index in [2.05, 4.69) is 5.32 Å². The van der Waals surface area contributed by atoms with Crippen molar-refractivity contribution in [2.45, 2.75) is 38.8 Å². The summed E-state index contributed by atoms with van der Waals surface area (Å²) < 4.78 is 0. The number of nitrogens with two attached hydrogens (primary N) is 1. The summed E-state index contributed by atoms with van der Waals surface area (Å²) in [5.41, 5.74) is 5.45. The third-order valence-electron chi connectivity index (χ3n) is 1.82. The lowest BCUT2D eigenvalue weighted by atomic mass is 10.0. The van der Waals surface area contributed by atoms with Crippen molar-refractivity contribution in [3.8, 4) is 0 Å². The van der Waals surface area contributed by atoms with E-state index in [9.17, 15) is 0 Å². The third-order valence-corrected chi connectivity index (χ3v) is 1.82. The van der Waals surface area contributed by atoms with Gasteiger partial charge in [0, 0.05) is 18.1 Å². The van der Waals surface area contributed by atoms with E-state index in [0.29, 0.717) is 6.54 Å². The lowest BCUT2D eigenvalue weighted by Crippen LogP contribution is -2.51. The Kier molecular flexibility index (Phi) is 4.65. The number of hydrogen-bond acceptors (Lipinski definition) is 3. The van der Waals surface area contributed by atoms with E-state index in [-0.39, 0.29) is 18.2 Å². The Balaban J connectivity index is 3.79. The van der Waals surface area contributed by atoms with Crippen LogP contribution in [0.5, 0.6) is 0 Å². The van der Waals surface area contributed by atoms with E-state index in [1.54, 1.807) is 0 Å². The first-order chi connectivity index (χ1) is 5.05. The van der Waals surface area contributed by atoms with E-state index in [4.69, 9.17) is 10.8 Å². The molecular weight excluding hydrogens is 140 g/mol. The van der Waals surface area contributed by atoms with Crippen LogP contribution in [0, 0.1) is 0 Å². The van der Waals surface area contributed by atoms with Crippen molar-refractivity contribution in [3.63, 3.8) is 0 Å². The van der Waals surface area contributed by atoms with Crippen LogP contribution in [-0.2, 0) is 0 Å². The topological polar surface area (TPSA) is 58.3 Å². The maximum absolute atomic E-state index is 8.88. The molecule has 0 bridgehead atoms. The summed E-state index contributed by atoms with van der Waals surface area (Å²) in [7, 11) is 0. The normalized spacial score (nSPS) is 15.0. The van der Waals surface area contributed by atoms with Gasteiger partial charge in [-0.25, -0.2) is 0 Å². The summed E-state index contributed by atoms with van der Waals surface area (Å²) in [6.45, 7) is 6.88. The van der Waals surface area contributed by atoms with Gasteiger partial charge in [-0.3, -0.25) is 0 Å². The van der Waals surface area contributed by atoms with Crippen molar-refractivity contribution in [2.24, 2.45) is 5.73 Å². The van der Waals surface area contributed by atoms with Gasteiger partial charge in [0.1, 0.15) is 0 Å². The molecule has 0 aliphatic carbocycles. The minimum absolute atomic E-state index is 0.0661. The summed E-state index contributed by atoms with van der Waals surface area (Å²) in [6, 6.07) is 0.175. The predicted octanol–water partition coefficient (Wildman–Crippen LogP) is 0.0842. The molecule has 0 fully saturated rings. The molecule has 0 radical (unpaired) electrons. The van der Waals surface area contributed by atoms with Gasteiger partial charge >= 0.3 is 0 Å². The molecule has 0 aliphatic heterocycles. The van der Waals surface area contributed by atoms with Crippen LogP contribution >= 0.6 is 0 Å². The van der Waals surface area contributed by atoms with Crippen LogP contribution in [-0.4, -0.2) is 29.8 Å². The van der Waals surface area contributed by atoms with Gasteiger partial charge in [0.25, 0.3) is 0 Å². The summed E-state index contributed by atoms with van der Waals surface area (Å²) in [4.78, 5) is 0. The van der Waals surface area contributed by atoms with Gasteiger partial charge in [0.15, 0.2) is 0 Å². The van der Waals surface area contributed by atoms with Gasteiger partial charge in [-0.1, -0.05) is 6.92 Å². The molecule has 0 aromatic carbocycles. The molecule has 0 heterocycles. The second kappa shape index (κ2) is 4.70. The SMILES string of the molecule is CCC(CO)NC(C)(C)CN. The molecule has 0 aromatic heterocycles. The number of aliphatic hydroxyl groups excluding tert-OH is 1. The summed E-state index contributed by atoms with van der Waals surface area (Å²) in [6.07, 6.45) is 0.930. The molecule has 3 nitrogen and oxygen atoms in total. The van der Waals surface area contributed by atoms with Crippen LogP contribution < -0.4 is 11.1 Å². The van der Waals surface area contributed by atoms with Crippen molar-refractivity contribution >= 4 is 0 Å². The molecule has 0 saturated heterocycles. The van der Waals surface area contributed by atoms with Gasteiger partial charge in [-0.05, 0) is 20.3 Å². The quantitative estimate of drug-likeness (QED) is 0.534. The minimum Gasteiger partial charge on any atom is -0.395 e.